The van der Waals surface area contributed by atoms with Crippen molar-refractivity contribution in [2.24, 2.45) is 11.7 Å². The van der Waals surface area contributed by atoms with Crippen molar-refractivity contribution in [3.05, 3.63) is 29.6 Å². The highest BCUT2D eigenvalue weighted by Crippen LogP contribution is 2.31. The second-order valence-corrected chi connectivity index (χ2v) is 7.06. The highest BCUT2D eigenvalue weighted by atomic mass is 35.5. The Balaban J connectivity index is 0.00000242. The van der Waals surface area contributed by atoms with E-state index in [0.717, 1.165) is 10.7 Å². The molecule has 1 heterocycles. The minimum atomic E-state index is -4.40. The first kappa shape index (κ1) is 19.2. The highest BCUT2D eigenvalue weighted by Gasteiger charge is 2.39. The van der Waals surface area contributed by atoms with Crippen molar-refractivity contribution in [2.75, 3.05) is 13.1 Å². The number of piperidine rings is 1. The zero-order valence-corrected chi connectivity index (χ0v) is 13.6. The number of sulfonamides is 1. The van der Waals surface area contributed by atoms with Crippen molar-refractivity contribution in [3.8, 4) is 0 Å². The van der Waals surface area contributed by atoms with Gasteiger partial charge in [-0.3, -0.25) is 0 Å². The molecule has 0 aliphatic carbocycles. The summed E-state index contributed by atoms with van der Waals surface area (Å²) in [6.07, 6.45) is 1.38. The zero-order valence-electron chi connectivity index (χ0n) is 11.9. The molecule has 1 fully saturated rings. The second kappa shape index (κ2) is 7.16. The minimum absolute atomic E-state index is 0. The topological polar surface area (TPSA) is 63.4 Å². The van der Waals surface area contributed by atoms with Crippen molar-refractivity contribution in [1.29, 1.82) is 0 Å². The van der Waals surface area contributed by atoms with E-state index < -0.39 is 38.4 Å². The second-order valence-electron chi connectivity index (χ2n) is 5.24. The molecule has 0 aromatic heterocycles. The Morgan fingerprint density at radius 3 is 2.32 bits per heavy atom. The maximum absolute atomic E-state index is 13.8. The predicted octanol–water partition coefficient (Wildman–Crippen LogP) is 2.27. The molecule has 1 saturated heterocycles. The van der Waals surface area contributed by atoms with Gasteiger partial charge in [0.05, 0.1) is 0 Å². The Hall–Kier alpha value is -0.830. The molecular formula is C13H18ClF3N2O2S. The van der Waals surface area contributed by atoms with Crippen LogP contribution in [0.4, 0.5) is 13.2 Å². The van der Waals surface area contributed by atoms with Crippen LogP contribution in [0, 0.1) is 23.4 Å². The molecule has 0 radical (unpaired) electrons. The lowest BCUT2D eigenvalue weighted by Gasteiger charge is -2.38. The largest absolute Gasteiger partial charge is 0.329 e. The Kier molecular flexibility index (Phi) is 6.26. The summed E-state index contributed by atoms with van der Waals surface area (Å²) in [5.41, 5.74) is 5.61. The number of hydrogen-bond donors (Lipinski definition) is 1. The predicted molar refractivity (Wildman–Crippen MR) is 78.7 cm³/mol. The Morgan fingerprint density at radius 2 is 1.82 bits per heavy atom. The highest BCUT2D eigenvalue weighted by molar-refractivity contribution is 7.89. The summed E-state index contributed by atoms with van der Waals surface area (Å²) in [7, 11) is -4.40. The maximum atomic E-state index is 13.8. The molecule has 2 N–H and O–H groups in total. The van der Waals surface area contributed by atoms with Crippen LogP contribution in [0.5, 0.6) is 0 Å². The van der Waals surface area contributed by atoms with E-state index in [9.17, 15) is 21.6 Å². The van der Waals surface area contributed by atoms with E-state index in [1.165, 1.54) is 0 Å². The van der Waals surface area contributed by atoms with E-state index in [2.05, 4.69) is 0 Å². The van der Waals surface area contributed by atoms with Gasteiger partial charge in [0.1, 0.15) is 17.5 Å². The lowest BCUT2D eigenvalue weighted by molar-refractivity contribution is 0.191. The van der Waals surface area contributed by atoms with Gasteiger partial charge >= 0.3 is 0 Å². The van der Waals surface area contributed by atoms with Crippen LogP contribution in [0.2, 0.25) is 0 Å². The van der Waals surface area contributed by atoms with Gasteiger partial charge in [-0.1, -0.05) is 6.92 Å². The third-order valence-electron chi connectivity index (χ3n) is 3.84. The number of nitrogens with zero attached hydrogens (tertiary/aromatic N) is 1. The lowest BCUT2D eigenvalue weighted by Crippen LogP contribution is -2.51. The molecule has 1 aliphatic rings. The number of benzene rings is 1. The molecule has 1 aromatic carbocycles. The molecule has 2 unspecified atom stereocenters. The fourth-order valence-corrected chi connectivity index (χ4v) is 4.62. The van der Waals surface area contributed by atoms with Gasteiger partial charge in [0, 0.05) is 31.3 Å². The lowest BCUT2D eigenvalue weighted by atomic mass is 9.93. The fourth-order valence-electron chi connectivity index (χ4n) is 2.75. The molecule has 0 bridgehead atoms. The van der Waals surface area contributed by atoms with E-state index in [1.54, 1.807) is 0 Å². The number of hydrogen-bond acceptors (Lipinski definition) is 3. The summed E-state index contributed by atoms with van der Waals surface area (Å²) in [5, 5.41) is 0. The van der Waals surface area contributed by atoms with E-state index in [0.29, 0.717) is 18.6 Å². The summed E-state index contributed by atoms with van der Waals surface area (Å²) in [4.78, 5) is -1.11. The van der Waals surface area contributed by atoms with Crippen molar-refractivity contribution in [2.45, 2.75) is 30.7 Å². The molecule has 0 spiro atoms. The summed E-state index contributed by atoms with van der Waals surface area (Å²) in [6.45, 7) is 2.05. The third-order valence-corrected chi connectivity index (χ3v) is 5.81. The number of nitrogens with two attached hydrogens (primary N) is 1. The summed E-state index contributed by atoms with van der Waals surface area (Å²) >= 11 is 0. The SMILES string of the molecule is CC1CCCN(S(=O)(=O)c2c(F)cc(F)cc2F)C1CN.Cl. The molecule has 2 rings (SSSR count). The maximum Gasteiger partial charge on any atom is 0.249 e. The van der Waals surface area contributed by atoms with Crippen molar-refractivity contribution >= 4 is 22.4 Å². The molecule has 2 atom stereocenters. The molecule has 9 heteroatoms. The van der Waals surface area contributed by atoms with Crippen LogP contribution >= 0.6 is 12.4 Å². The van der Waals surface area contributed by atoms with Crippen LogP contribution < -0.4 is 5.73 Å². The van der Waals surface area contributed by atoms with E-state index in [4.69, 9.17) is 5.73 Å². The third kappa shape index (κ3) is 3.40. The Labute approximate surface area is 133 Å². The van der Waals surface area contributed by atoms with Crippen LogP contribution in [-0.4, -0.2) is 31.9 Å². The molecule has 1 aliphatic heterocycles. The number of halogens is 4. The van der Waals surface area contributed by atoms with Crippen LogP contribution in [0.25, 0.3) is 0 Å². The first-order valence-electron chi connectivity index (χ1n) is 6.65. The zero-order chi connectivity index (χ0) is 15.8. The Morgan fingerprint density at radius 1 is 1.27 bits per heavy atom. The van der Waals surface area contributed by atoms with Gasteiger partial charge in [-0.15, -0.1) is 12.4 Å². The van der Waals surface area contributed by atoms with E-state index >= 15 is 0 Å². The average Bonchev–Trinajstić information content (AvgIpc) is 2.36. The molecule has 22 heavy (non-hydrogen) atoms. The van der Waals surface area contributed by atoms with E-state index in [-0.39, 0.29) is 31.4 Å². The van der Waals surface area contributed by atoms with Gasteiger partial charge in [-0.05, 0) is 18.8 Å². The fraction of sp³-hybridized carbons (Fsp3) is 0.538. The number of rotatable bonds is 3. The molecule has 4 nitrogen and oxygen atoms in total. The minimum Gasteiger partial charge on any atom is -0.329 e. The van der Waals surface area contributed by atoms with Gasteiger partial charge in [0.15, 0.2) is 4.90 Å². The Bertz CT molecular complexity index is 619. The summed E-state index contributed by atoms with van der Waals surface area (Å²) < 4.78 is 66.6. The molecule has 1 aromatic rings. The normalized spacial score (nSPS) is 23.1. The summed E-state index contributed by atoms with van der Waals surface area (Å²) in [5.74, 6) is -4.03. The average molecular weight is 359 g/mol. The van der Waals surface area contributed by atoms with Crippen molar-refractivity contribution in [3.63, 3.8) is 0 Å². The van der Waals surface area contributed by atoms with Crippen LogP contribution in [0.15, 0.2) is 17.0 Å². The summed E-state index contributed by atoms with van der Waals surface area (Å²) in [6, 6.07) is 0.203. The van der Waals surface area contributed by atoms with Crippen LogP contribution in [0.3, 0.4) is 0 Å². The van der Waals surface area contributed by atoms with Gasteiger partial charge in [-0.2, -0.15) is 4.31 Å². The smallest absolute Gasteiger partial charge is 0.249 e. The standard InChI is InChI=1S/C13H17F3N2O2S.ClH/c1-8-3-2-4-18(12(8)7-17)21(19,20)13-10(15)5-9(14)6-11(13)16;/h5-6,8,12H,2-4,7,17H2,1H3;1H. The first-order valence-corrected chi connectivity index (χ1v) is 8.09. The van der Waals surface area contributed by atoms with Gasteiger partial charge in [0.2, 0.25) is 10.0 Å². The van der Waals surface area contributed by atoms with Crippen LogP contribution in [-0.2, 0) is 10.0 Å². The quantitative estimate of drug-likeness (QED) is 0.901. The molecule has 0 saturated carbocycles. The van der Waals surface area contributed by atoms with Crippen molar-refractivity contribution < 1.29 is 21.6 Å². The molecule has 126 valence electrons. The molecule has 0 amide bonds. The van der Waals surface area contributed by atoms with E-state index in [1.807, 2.05) is 6.92 Å². The van der Waals surface area contributed by atoms with Crippen molar-refractivity contribution in [1.82, 2.24) is 4.31 Å². The van der Waals surface area contributed by atoms with Gasteiger partial charge in [0.25, 0.3) is 0 Å². The van der Waals surface area contributed by atoms with Gasteiger partial charge < -0.3 is 5.73 Å². The first-order chi connectivity index (χ1) is 9.78. The molecular weight excluding hydrogens is 341 g/mol. The van der Waals surface area contributed by atoms with Crippen LogP contribution in [0.1, 0.15) is 19.8 Å². The van der Waals surface area contributed by atoms with Gasteiger partial charge in [-0.25, -0.2) is 21.6 Å². The monoisotopic (exact) mass is 358 g/mol.